The molecule has 0 aromatic heterocycles. The number of hydrogen-bond acceptors (Lipinski definition) is 0. The van der Waals surface area contributed by atoms with Gasteiger partial charge < -0.3 is 0 Å². The van der Waals surface area contributed by atoms with Crippen LogP contribution in [0.25, 0.3) is 0 Å². The SMILES string of the molecule is [Si]C([Si])[As]=[As]C([Si])[Si]. The Kier molecular flexibility index (Phi) is 7.17. The zero-order valence-corrected chi connectivity index (χ0v) is 11.8. The zero-order chi connectivity index (χ0) is 6.57. The van der Waals surface area contributed by atoms with Crippen LogP contribution in [-0.2, 0) is 0 Å². The van der Waals surface area contributed by atoms with E-state index in [-0.39, 0.29) is 0 Å². The van der Waals surface area contributed by atoms with E-state index in [0.29, 0.717) is 34.2 Å². The molecule has 0 heterocycles. The molecule has 0 unspecified atom stereocenters. The first-order valence-corrected chi connectivity index (χ1v) is 11.5. The Balaban J connectivity index is 3.34. The minimum atomic E-state index is 0.476. The van der Waals surface area contributed by atoms with Crippen molar-refractivity contribution in [2.24, 2.45) is 0 Å². The van der Waals surface area contributed by atoms with Gasteiger partial charge >= 0.3 is 75.1 Å². The van der Waals surface area contributed by atoms with Crippen molar-refractivity contribution in [2.75, 3.05) is 0 Å². The van der Waals surface area contributed by atoms with Gasteiger partial charge in [0.25, 0.3) is 0 Å². The molecule has 0 aliphatic rings. The summed E-state index contributed by atoms with van der Waals surface area (Å²) in [6, 6.07) is 0. The van der Waals surface area contributed by atoms with Gasteiger partial charge in [-0.15, -0.1) is 0 Å². The molecule has 0 atom stereocenters. The van der Waals surface area contributed by atoms with Crippen LogP contribution in [0, 0.1) is 0 Å². The van der Waals surface area contributed by atoms with E-state index in [9.17, 15) is 0 Å². The maximum absolute atomic E-state index is 3.48. The molecule has 8 heavy (non-hydrogen) atoms. The third-order valence-corrected chi connectivity index (χ3v) is 20.5. The Morgan fingerprint density at radius 2 is 1.00 bits per heavy atom. The van der Waals surface area contributed by atoms with Crippen molar-refractivity contribution < 1.29 is 0 Å². The third kappa shape index (κ3) is 7.98. The molecule has 0 aliphatic heterocycles. The van der Waals surface area contributed by atoms with Crippen LogP contribution in [0.1, 0.15) is 0 Å². The molecule has 6 heteroatoms. The molecule has 0 bridgehead atoms. The van der Waals surface area contributed by atoms with E-state index < -0.39 is 0 Å². The van der Waals surface area contributed by atoms with Crippen molar-refractivity contribution in [2.45, 2.75) is 7.90 Å². The second-order valence-electron chi connectivity index (χ2n) is 1.04. The molecule has 12 radical (unpaired) electrons. The van der Waals surface area contributed by atoms with Crippen molar-refractivity contribution in [3.05, 3.63) is 0 Å². The summed E-state index contributed by atoms with van der Waals surface area (Å²) in [6.45, 7) is 0. The van der Waals surface area contributed by atoms with Gasteiger partial charge in [-0.25, -0.2) is 0 Å². The molecule has 0 rings (SSSR count). The summed E-state index contributed by atoms with van der Waals surface area (Å²) in [5, 5.41) is 0. The Bertz CT molecular complexity index is 70.1. The summed E-state index contributed by atoms with van der Waals surface area (Å²) in [7, 11) is 13.9. The molecule has 36 valence electrons. The summed E-state index contributed by atoms with van der Waals surface area (Å²) in [5.41, 5.74) is 0. The van der Waals surface area contributed by atoms with Crippen LogP contribution in [0.2, 0.25) is 7.90 Å². The van der Waals surface area contributed by atoms with E-state index in [1.165, 1.54) is 0 Å². The van der Waals surface area contributed by atoms with Crippen LogP contribution in [0.5, 0.6) is 0 Å². The molecular weight excluding hydrogens is 286 g/mol. The van der Waals surface area contributed by atoms with Crippen LogP contribution >= 0.6 is 0 Å². The van der Waals surface area contributed by atoms with Crippen LogP contribution in [0.4, 0.5) is 0 Å². The van der Waals surface area contributed by atoms with Gasteiger partial charge in [-0.3, -0.25) is 0 Å². The van der Waals surface area contributed by atoms with E-state index in [1.807, 2.05) is 0 Å². The quantitative estimate of drug-likeness (QED) is 0.537. The van der Waals surface area contributed by atoms with E-state index in [0.717, 1.165) is 0 Å². The molecule has 0 nitrogen and oxygen atoms in total. The Morgan fingerprint density at radius 1 is 0.750 bits per heavy atom. The Morgan fingerprint density at radius 3 is 1.12 bits per heavy atom. The van der Waals surface area contributed by atoms with Gasteiger partial charge in [0.05, 0.1) is 0 Å². The minimum absolute atomic E-state index is 0.476. The molecule has 0 fully saturated rings. The monoisotopic (exact) mass is 288 g/mol. The van der Waals surface area contributed by atoms with Crippen molar-refractivity contribution >= 4 is 67.2 Å². The summed E-state index contributed by atoms with van der Waals surface area (Å²) < 4.78 is 1.14. The van der Waals surface area contributed by atoms with Gasteiger partial charge in [-0.1, -0.05) is 0 Å². The first kappa shape index (κ1) is 9.98. The Labute approximate surface area is 74.6 Å². The van der Waals surface area contributed by atoms with Gasteiger partial charge in [-0.2, -0.15) is 0 Å². The summed E-state index contributed by atoms with van der Waals surface area (Å²) in [4.78, 5) is 0. The average Bonchev–Trinajstić information content (AvgIpc) is 1.61. The maximum atomic E-state index is 3.48. The fraction of sp³-hybridized carbons (Fsp3) is 1.00. The molecule has 0 aromatic rings. The molecule has 0 N–H and O–H groups in total. The van der Waals surface area contributed by atoms with Crippen molar-refractivity contribution in [3.8, 4) is 0 Å². The normalized spacial score (nSPS) is 12.2. The second-order valence-corrected chi connectivity index (χ2v) is 16.9. The molecule has 0 amide bonds. The fourth-order valence-electron chi connectivity index (χ4n) is 0.133. The van der Waals surface area contributed by atoms with Crippen LogP contribution in [0.15, 0.2) is 0 Å². The van der Waals surface area contributed by atoms with Gasteiger partial charge in [0.2, 0.25) is 0 Å². The Hall–Kier alpha value is 1.98. The van der Waals surface area contributed by atoms with E-state index in [2.05, 4.69) is 41.0 Å². The van der Waals surface area contributed by atoms with E-state index in [1.54, 1.807) is 0 Å². The van der Waals surface area contributed by atoms with Crippen molar-refractivity contribution in [3.63, 3.8) is 0 Å². The predicted octanol–water partition coefficient (Wildman–Crippen LogP) is -1.61. The summed E-state index contributed by atoms with van der Waals surface area (Å²) in [6.07, 6.45) is 0. The molecule has 0 spiro atoms. The second kappa shape index (κ2) is 5.75. The summed E-state index contributed by atoms with van der Waals surface area (Å²) >= 11 is 0.952. The topological polar surface area (TPSA) is 0 Å². The molecule has 0 saturated heterocycles. The molecule has 0 aliphatic carbocycles. The van der Waals surface area contributed by atoms with Gasteiger partial charge in [-0.05, 0) is 0 Å². The first-order chi connectivity index (χ1) is 3.63. The molecule has 0 saturated carbocycles. The average molecular weight is 288 g/mol. The zero-order valence-electron chi connectivity index (χ0n) is 4.05. The molecular formula is C2H2As2Si4. The van der Waals surface area contributed by atoms with Gasteiger partial charge in [0.1, 0.15) is 0 Å². The molecule has 0 aromatic carbocycles. The first-order valence-electron chi connectivity index (χ1n) is 1.87. The van der Waals surface area contributed by atoms with Gasteiger partial charge in [0, 0.05) is 0 Å². The van der Waals surface area contributed by atoms with E-state index >= 15 is 0 Å². The fourth-order valence-corrected chi connectivity index (χ4v) is 10.8. The van der Waals surface area contributed by atoms with Crippen molar-refractivity contribution in [1.82, 2.24) is 0 Å². The van der Waals surface area contributed by atoms with Crippen molar-refractivity contribution in [1.29, 1.82) is 0 Å². The van der Waals surface area contributed by atoms with Crippen LogP contribution in [0.3, 0.4) is 0 Å². The van der Waals surface area contributed by atoms with Crippen LogP contribution < -0.4 is 0 Å². The standard InChI is InChI=1S/C2H2As2Si4/c5-1(6)3-4-2(7)8/h1-2H. The number of hydrogen-bond donors (Lipinski definition) is 0. The summed E-state index contributed by atoms with van der Waals surface area (Å²) in [5.74, 6) is 0. The van der Waals surface area contributed by atoms with E-state index in [4.69, 9.17) is 0 Å². The number of rotatable bonds is 2. The van der Waals surface area contributed by atoms with Crippen LogP contribution in [-0.4, -0.2) is 67.2 Å². The predicted molar refractivity (Wildman–Crippen MR) is 42.0 cm³/mol. The van der Waals surface area contributed by atoms with Gasteiger partial charge in [0.15, 0.2) is 0 Å². The third-order valence-electron chi connectivity index (χ3n) is 0.298.